The van der Waals surface area contributed by atoms with Crippen LogP contribution in [-0.2, 0) is 4.74 Å². The second kappa shape index (κ2) is 6.16. The molecule has 1 aromatic rings. The average molecular weight is 263 g/mol. The molecule has 0 saturated carbocycles. The van der Waals surface area contributed by atoms with Gasteiger partial charge in [-0.2, -0.15) is 0 Å². The number of hydrogen-bond acceptors (Lipinski definition) is 3. The molecule has 0 saturated heterocycles. The molecule has 1 aromatic carbocycles. The van der Waals surface area contributed by atoms with Gasteiger partial charge in [-0.25, -0.2) is 9.59 Å². The molecule has 1 rings (SSSR count). The van der Waals surface area contributed by atoms with Crippen molar-refractivity contribution in [2.24, 2.45) is 0 Å². The van der Waals surface area contributed by atoms with Gasteiger partial charge in [0.2, 0.25) is 0 Å². The molecule has 95 valence electrons. The minimum Gasteiger partial charge on any atom is -0.478 e. The van der Waals surface area contributed by atoms with Crippen LogP contribution < -0.4 is 0 Å². The van der Waals surface area contributed by atoms with E-state index in [1.807, 2.05) is 13.1 Å². The molecule has 0 aliphatic carbocycles. The van der Waals surface area contributed by atoms with E-state index in [1.54, 1.807) is 6.08 Å². The molecule has 0 amide bonds. The van der Waals surface area contributed by atoms with Gasteiger partial charge in [0.15, 0.2) is 0 Å². The largest absolute Gasteiger partial charge is 0.478 e. The summed E-state index contributed by atoms with van der Waals surface area (Å²) in [5, 5.41) is 8.75. The topological polar surface area (TPSA) is 63.6 Å². The molecule has 4 nitrogen and oxygen atoms in total. The number of carbonyl (C=O) groups excluding carboxylic acids is 1. The fourth-order valence-electron chi connectivity index (χ4n) is 1.33. The molecular weight excluding hydrogens is 248 g/mol. The lowest BCUT2D eigenvalue weighted by Gasteiger charge is -2.16. The van der Waals surface area contributed by atoms with Crippen molar-refractivity contribution in [1.82, 2.24) is 0 Å². The molecular formula is C13H15O4Si. The first-order valence-electron chi connectivity index (χ1n) is 5.42. The number of ether oxygens (including phenoxy) is 1. The third kappa shape index (κ3) is 3.56. The zero-order valence-corrected chi connectivity index (χ0v) is 11.3. The van der Waals surface area contributed by atoms with E-state index in [-0.39, 0.29) is 11.3 Å². The van der Waals surface area contributed by atoms with E-state index < -0.39 is 20.7 Å². The van der Waals surface area contributed by atoms with E-state index in [4.69, 9.17) is 9.84 Å². The zero-order valence-electron chi connectivity index (χ0n) is 10.3. The Kier molecular flexibility index (Phi) is 4.85. The number of esters is 1. The Balaban J connectivity index is 2.78. The molecule has 0 fully saturated rings. The van der Waals surface area contributed by atoms with Crippen LogP contribution in [-0.4, -0.2) is 31.6 Å². The Bertz CT molecular complexity index is 451. The van der Waals surface area contributed by atoms with Gasteiger partial charge in [0.25, 0.3) is 0 Å². The van der Waals surface area contributed by atoms with E-state index in [0.29, 0.717) is 5.56 Å². The van der Waals surface area contributed by atoms with Crippen LogP contribution in [0.1, 0.15) is 20.7 Å². The van der Waals surface area contributed by atoms with Crippen LogP contribution in [0.15, 0.2) is 36.9 Å². The maximum atomic E-state index is 11.8. The number of carboxylic acid groups (broad SMARTS) is 1. The van der Waals surface area contributed by atoms with Crippen molar-refractivity contribution in [2.75, 3.05) is 0 Å². The van der Waals surface area contributed by atoms with Gasteiger partial charge in [-0.3, -0.25) is 0 Å². The molecule has 1 radical (unpaired) electrons. The van der Waals surface area contributed by atoms with Gasteiger partial charge >= 0.3 is 11.9 Å². The molecule has 0 heterocycles. The summed E-state index contributed by atoms with van der Waals surface area (Å²) in [5.41, 5.74) is 0.235. The van der Waals surface area contributed by atoms with Crippen LogP contribution in [0.4, 0.5) is 0 Å². The van der Waals surface area contributed by atoms with Crippen LogP contribution in [0.5, 0.6) is 0 Å². The summed E-state index contributed by atoms with van der Waals surface area (Å²) < 4.78 is 5.29. The van der Waals surface area contributed by atoms with Gasteiger partial charge in [-0.15, -0.1) is 0 Å². The summed E-state index contributed by atoms with van der Waals surface area (Å²) in [6.45, 7) is 7.69. The predicted molar refractivity (Wildman–Crippen MR) is 70.3 cm³/mol. The maximum absolute atomic E-state index is 11.8. The third-order valence-corrected chi connectivity index (χ3v) is 3.88. The Hall–Kier alpha value is -1.88. The molecule has 1 atom stereocenters. The van der Waals surface area contributed by atoms with Crippen LogP contribution in [0.25, 0.3) is 0 Å². The Labute approximate surface area is 108 Å². The van der Waals surface area contributed by atoms with Crippen molar-refractivity contribution in [2.45, 2.75) is 18.8 Å². The summed E-state index contributed by atoms with van der Waals surface area (Å²) >= 11 is 0. The molecule has 0 aliphatic heterocycles. The van der Waals surface area contributed by atoms with E-state index in [2.05, 4.69) is 6.58 Å². The van der Waals surface area contributed by atoms with Gasteiger partial charge < -0.3 is 9.84 Å². The molecule has 18 heavy (non-hydrogen) atoms. The highest BCUT2D eigenvalue weighted by Gasteiger charge is 2.17. The zero-order chi connectivity index (χ0) is 13.7. The standard InChI is InChI=1S/C13H15O4Si/c1-4-11(18(2)3)17-13(16)10-7-5-9(6-8-10)12(14)15/h4-8,11H,1H2,2-3H3,(H,14,15). The van der Waals surface area contributed by atoms with Gasteiger partial charge in [0.1, 0.15) is 5.73 Å². The fraction of sp³-hybridized carbons (Fsp3) is 0.231. The van der Waals surface area contributed by atoms with Gasteiger partial charge in [-0.05, 0) is 24.3 Å². The Morgan fingerprint density at radius 3 is 2.17 bits per heavy atom. The minimum absolute atomic E-state index is 0.141. The molecule has 0 aliphatic rings. The highest BCUT2D eigenvalue weighted by molar-refractivity contribution is 6.58. The van der Waals surface area contributed by atoms with Crippen LogP contribution in [0.3, 0.4) is 0 Å². The van der Waals surface area contributed by atoms with Crippen LogP contribution in [0.2, 0.25) is 13.1 Å². The van der Waals surface area contributed by atoms with Gasteiger partial charge in [0.05, 0.1) is 19.9 Å². The van der Waals surface area contributed by atoms with E-state index in [0.717, 1.165) is 0 Å². The van der Waals surface area contributed by atoms with Gasteiger partial charge in [0, 0.05) is 0 Å². The van der Waals surface area contributed by atoms with Crippen molar-refractivity contribution < 1.29 is 19.4 Å². The summed E-state index contributed by atoms with van der Waals surface area (Å²) in [4.78, 5) is 22.5. The first-order valence-corrected chi connectivity index (χ1v) is 8.00. The number of aromatic carboxylic acids is 1. The number of carbonyl (C=O) groups is 2. The number of benzene rings is 1. The Morgan fingerprint density at radius 2 is 1.78 bits per heavy atom. The van der Waals surface area contributed by atoms with Crippen molar-refractivity contribution in [3.05, 3.63) is 48.0 Å². The fourth-order valence-corrected chi connectivity index (χ4v) is 2.15. The molecule has 0 aromatic heterocycles. The third-order valence-electron chi connectivity index (χ3n) is 2.38. The van der Waals surface area contributed by atoms with E-state index in [1.165, 1.54) is 24.3 Å². The van der Waals surface area contributed by atoms with Crippen molar-refractivity contribution in [1.29, 1.82) is 0 Å². The number of hydrogen-bond donors (Lipinski definition) is 1. The maximum Gasteiger partial charge on any atom is 0.338 e. The highest BCUT2D eigenvalue weighted by atomic mass is 28.3. The highest BCUT2D eigenvalue weighted by Crippen LogP contribution is 2.09. The Morgan fingerprint density at radius 1 is 1.28 bits per heavy atom. The second-order valence-electron chi connectivity index (χ2n) is 4.02. The number of carboxylic acids is 1. The average Bonchev–Trinajstić information content (AvgIpc) is 2.35. The summed E-state index contributed by atoms with van der Waals surface area (Å²) in [5.74, 6) is -1.48. The lowest BCUT2D eigenvalue weighted by molar-refractivity contribution is 0.0493. The smallest absolute Gasteiger partial charge is 0.338 e. The van der Waals surface area contributed by atoms with Gasteiger partial charge in [-0.1, -0.05) is 25.7 Å². The first-order chi connectivity index (χ1) is 8.45. The minimum atomic E-state index is -1.02. The lowest BCUT2D eigenvalue weighted by atomic mass is 10.1. The van der Waals surface area contributed by atoms with E-state index >= 15 is 0 Å². The predicted octanol–water partition coefficient (Wildman–Crippen LogP) is 2.39. The first kappa shape index (κ1) is 14.2. The van der Waals surface area contributed by atoms with Crippen LogP contribution >= 0.6 is 0 Å². The lowest BCUT2D eigenvalue weighted by Crippen LogP contribution is -2.28. The SMILES string of the molecule is C=CC(OC(=O)c1ccc(C(=O)O)cc1)[Si](C)C. The quantitative estimate of drug-likeness (QED) is 0.503. The summed E-state index contributed by atoms with van der Waals surface area (Å²) in [6, 6.07) is 5.66. The second-order valence-corrected chi connectivity index (χ2v) is 6.75. The van der Waals surface area contributed by atoms with E-state index in [9.17, 15) is 9.59 Å². The molecule has 1 N–H and O–H groups in total. The van der Waals surface area contributed by atoms with Crippen molar-refractivity contribution in [3.8, 4) is 0 Å². The summed E-state index contributed by atoms with van der Waals surface area (Å²) in [6.07, 6.45) is 1.62. The molecule has 5 heteroatoms. The monoisotopic (exact) mass is 263 g/mol. The molecule has 0 spiro atoms. The van der Waals surface area contributed by atoms with Crippen LogP contribution in [0, 0.1) is 0 Å². The normalized spacial score (nSPS) is 11.9. The van der Waals surface area contributed by atoms with Crippen molar-refractivity contribution in [3.63, 3.8) is 0 Å². The summed E-state index contributed by atoms with van der Waals surface area (Å²) in [7, 11) is -0.803. The molecule has 0 bridgehead atoms. The van der Waals surface area contributed by atoms with Crippen molar-refractivity contribution >= 4 is 20.7 Å². The molecule has 1 unspecified atom stereocenters. The number of rotatable bonds is 5.